The number of hydrogen-bond donors (Lipinski definition) is 2. The summed E-state index contributed by atoms with van der Waals surface area (Å²) in [4.78, 5) is 17.9. The molecule has 5 heteroatoms. The molecule has 0 heterocycles. The molecular weight excluding hydrogens is 340 g/mol. The van der Waals surface area contributed by atoms with E-state index >= 15 is 0 Å². The highest BCUT2D eigenvalue weighted by molar-refractivity contribution is 5.87. The van der Waals surface area contributed by atoms with Gasteiger partial charge in [-0.15, -0.1) is 0 Å². The molecule has 4 saturated carbocycles. The zero-order valence-corrected chi connectivity index (χ0v) is 17.2. The molecule has 152 valence electrons. The molecule has 4 fully saturated rings. The first-order valence-corrected chi connectivity index (χ1v) is 10.9. The van der Waals surface area contributed by atoms with Gasteiger partial charge < -0.3 is 15.7 Å². The molecule has 3 N–H and O–H groups in total. The number of ketones is 1. The number of hydrogen-bond acceptors (Lipinski definition) is 5. The molecule has 4 rings (SSSR count). The van der Waals surface area contributed by atoms with Crippen LogP contribution in [0.2, 0.25) is 0 Å². The van der Waals surface area contributed by atoms with Crippen LogP contribution in [-0.4, -0.2) is 35.4 Å². The Morgan fingerprint density at radius 3 is 2.74 bits per heavy atom. The Balaban J connectivity index is 1.62. The molecule has 4 aliphatic carbocycles. The van der Waals surface area contributed by atoms with E-state index in [0.29, 0.717) is 43.1 Å². The number of Topliss-reactive ketones (excluding diaryl/α,β-unsaturated/α-hetero) is 1. The molecule has 0 saturated heterocycles. The van der Waals surface area contributed by atoms with E-state index in [1.165, 1.54) is 0 Å². The summed E-state index contributed by atoms with van der Waals surface area (Å²) in [6.45, 7) is 7.63. The van der Waals surface area contributed by atoms with Crippen LogP contribution in [0.5, 0.6) is 0 Å². The van der Waals surface area contributed by atoms with Gasteiger partial charge in [-0.2, -0.15) is 0 Å². The summed E-state index contributed by atoms with van der Waals surface area (Å²) in [7, 11) is 0. The van der Waals surface area contributed by atoms with E-state index in [9.17, 15) is 9.90 Å². The topological polar surface area (TPSA) is 84.9 Å². The second-order valence-electron chi connectivity index (χ2n) is 10.2. The third-order valence-corrected chi connectivity index (χ3v) is 9.20. The van der Waals surface area contributed by atoms with Gasteiger partial charge in [0.2, 0.25) is 0 Å². The average Bonchev–Trinajstić information content (AvgIpc) is 2.93. The maximum atomic E-state index is 12.6. The maximum Gasteiger partial charge on any atom is 0.139 e. The van der Waals surface area contributed by atoms with Crippen molar-refractivity contribution in [2.24, 2.45) is 45.4 Å². The van der Waals surface area contributed by atoms with Crippen molar-refractivity contribution < 1.29 is 14.7 Å². The van der Waals surface area contributed by atoms with Crippen LogP contribution in [0.4, 0.5) is 0 Å². The minimum absolute atomic E-state index is 0.102. The van der Waals surface area contributed by atoms with Crippen molar-refractivity contribution in [1.29, 1.82) is 0 Å². The third kappa shape index (κ3) is 2.64. The largest absolute Gasteiger partial charge is 0.395 e. The minimum atomic E-state index is -0.728. The van der Waals surface area contributed by atoms with Gasteiger partial charge in [0.15, 0.2) is 0 Å². The third-order valence-electron chi connectivity index (χ3n) is 9.20. The molecular formula is C22H36N2O3. The van der Waals surface area contributed by atoms with Crippen LogP contribution in [0, 0.1) is 34.5 Å². The Hall–Kier alpha value is -0.940. The predicted octanol–water partition coefficient (Wildman–Crippen LogP) is 3.29. The van der Waals surface area contributed by atoms with Gasteiger partial charge >= 0.3 is 0 Å². The van der Waals surface area contributed by atoms with E-state index in [0.717, 1.165) is 50.7 Å². The van der Waals surface area contributed by atoms with E-state index in [1.54, 1.807) is 0 Å². The van der Waals surface area contributed by atoms with Crippen LogP contribution in [0.15, 0.2) is 5.16 Å². The van der Waals surface area contributed by atoms with E-state index in [2.05, 4.69) is 25.9 Å². The van der Waals surface area contributed by atoms with Crippen molar-refractivity contribution in [3.8, 4) is 0 Å². The molecule has 0 radical (unpaired) electrons. The number of carbonyl (C=O) groups excluding carboxylic acids is 1. The highest BCUT2D eigenvalue weighted by atomic mass is 16.6. The molecule has 0 aromatic carbocycles. The molecule has 0 spiro atoms. The van der Waals surface area contributed by atoms with Crippen LogP contribution in [-0.2, 0) is 9.63 Å². The Bertz CT molecular complexity index is 649. The quantitative estimate of drug-likeness (QED) is 0.585. The lowest BCUT2D eigenvalue weighted by Crippen LogP contribution is -2.65. The highest BCUT2D eigenvalue weighted by Gasteiger charge is 2.66. The highest BCUT2D eigenvalue weighted by Crippen LogP contribution is 2.67. The summed E-state index contributed by atoms with van der Waals surface area (Å²) >= 11 is 0. The molecule has 27 heavy (non-hydrogen) atoms. The first-order chi connectivity index (χ1) is 12.8. The lowest BCUT2D eigenvalue weighted by atomic mass is 9.41. The molecule has 5 nitrogen and oxygen atoms in total. The van der Waals surface area contributed by atoms with Crippen LogP contribution < -0.4 is 5.73 Å². The zero-order valence-electron chi connectivity index (χ0n) is 17.2. The minimum Gasteiger partial charge on any atom is -0.395 e. The van der Waals surface area contributed by atoms with Gasteiger partial charge in [0.05, 0.1) is 11.3 Å². The molecule has 0 aromatic rings. The molecule has 4 aliphatic rings. The number of nitrogens with zero attached hydrogens (tertiary/aromatic N) is 1. The maximum absolute atomic E-state index is 12.6. The van der Waals surface area contributed by atoms with E-state index in [-0.39, 0.29) is 16.7 Å². The normalized spacial score (nSPS) is 50.9. The average molecular weight is 377 g/mol. The Morgan fingerprint density at radius 1 is 1.22 bits per heavy atom. The van der Waals surface area contributed by atoms with Crippen LogP contribution >= 0.6 is 0 Å². The van der Waals surface area contributed by atoms with Crippen LogP contribution in [0.1, 0.15) is 72.1 Å². The zero-order chi connectivity index (χ0) is 19.4. The van der Waals surface area contributed by atoms with Crippen molar-refractivity contribution in [3.63, 3.8) is 0 Å². The summed E-state index contributed by atoms with van der Waals surface area (Å²) in [5, 5.41) is 16.2. The molecule has 0 aromatic heterocycles. The Kier molecular flexibility index (Phi) is 4.70. The number of nitrogens with two attached hydrogens (primary N) is 1. The van der Waals surface area contributed by atoms with Gasteiger partial charge in [-0.25, -0.2) is 0 Å². The molecule has 0 bridgehead atoms. The second-order valence-corrected chi connectivity index (χ2v) is 10.2. The molecule has 2 unspecified atom stereocenters. The van der Waals surface area contributed by atoms with Crippen molar-refractivity contribution >= 4 is 11.5 Å². The van der Waals surface area contributed by atoms with Crippen LogP contribution in [0.3, 0.4) is 0 Å². The predicted molar refractivity (Wildman–Crippen MR) is 105 cm³/mol. The van der Waals surface area contributed by atoms with Gasteiger partial charge in [-0.1, -0.05) is 25.9 Å². The van der Waals surface area contributed by atoms with Crippen LogP contribution in [0.25, 0.3) is 0 Å². The van der Waals surface area contributed by atoms with Crippen molar-refractivity contribution in [2.45, 2.75) is 77.7 Å². The van der Waals surface area contributed by atoms with Crippen molar-refractivity contribution in [1.82, 2.24) is 0 Å². The SMILES string of the molecule is CC1C[C@@H]2[C@@H](CC[C@]3(C)C(=O)CC[C@@H]23)[C@@]2(C)CCC(=NOCCN)CC12O. The molecule has 0 aliphatic heterocycles. The smallest absolute Gasteiger partial charge is 0.139 e. The summed E-state index contributed by atoms with van der Waals surface area (Å²) in [6.07, 6.45) is 7.37. The summed E-state index contributed by atoms with van der Waals surface area (Å²) in [5.74, 6) is 2.29. The number of fused-ring (bicyclic) bond motifs is 5. The molecule has 7 atom stereocenters. The fraction of sp³-hybridized carbons (Fsp3) is 0.909. The van der Waals surface area contributed by atoms with Crippen molar-refractivity contribution in [2.75, 3.05) is 13.2 Å². The second kappa shape index (κ2) is 6.55. The van der Waals surface area contributed by atoms with E-state index in [1.807, 2.05) is 0 Å². The monoisotopic (exact) mass is 376 g/mol. The summed E-state index contributed by atoms with van der Waals surface area (Å²) in [5.41, 5.74) is 5.53. The Morgan fingerprint density at radius 2 is 2.00 bits per heavy atom. The summed E-state index contributed by atoms with van der Waals surface area (Å²) < 4.78 is 0. The van der Waals surface area contributed by atoms with Gasteiger partial charge in [0.25, 0.3) is 0 Å². The van der Waals surface area contributed by atoms with E-state index in [4.69, 9.17) is 10.6 Å². The van der Waals surface area contributed by atoms with E-state index < -0.39 is 5.60 Å². The Labute approximate surface area is 163 Å². The summed E-state index contributed by atoms with van der Waals surface area (Å²) in [6, 6.07) is 0. The standard InChI is InChI=1S/C22H36N2O3/c1-14-12-16-17-4-5-19(25)20(17,2)8-7-18(16)21(3)9-6-15(13-22(14,21)26)24-27-11-10-23/h14,16-18,26H,4-13,23H2,1-3H3/t14?,16-,17-,18+,20-,21+,22?/m0/s1. The van der Waals surface area contributed by atoms with Gasteiger partial charge in [-0.3, -0.25) is 4.79 Å². The van der Waals surface area contributed by atoms with Crippen molar-refractivity contribution in [3.05, 3.63) is 0 Å². The first-order valence-electron chi connectivity index (χ1n) is 10.9. The molecule has 0 amide bonds. The fourth-order valence-electron chi connectivity index (χ4n) is 7.51. The number of oxime groups is 1. The number of aliphatic hydroxyl groups is 1. The fourth-order valence-corrected chi connectivity index (χ4v) is 7.51. The van der Waals surface area contributed by atoms with Gasteiger partial charge in [-0.05, 0) is 62.2 Å². The first kappa shape index (κ1) is 19.4. The lowest BCUT2D eigenvalue weighted by molar-refractivity contribution is -0.214. The lowest BCUT2D eigenvalue weighted by Gasteiger charge is -2.65. The van der Waals surface area contributed by atoms with Gasteiger partial charge in [0, 0.05) is 30.2 Å². The number of carbonyl (C=O) groups is 1. The van der Waals surface area contributed by atoms with Gasteiger partial charge in [0.1, 0.15) is 12.4 Å². The number of rotatable bonds is 3.